The van der Waals surface area contributed by atoms with Crippen molar-refractivity contribution in [3.05, 3.63) is 86.9 Å². The standard InChI is InChI=1S/C24H22N8O2/c1-31-9-8-19(30-31)15-4-2-14(3-5-15)10-18-12-21(26-17-6-7-17)32-22(27-18)16(13-25-32)11-20-23(33)29-24(34)28-20/h2-5,8-9,11-13,17,33H,6-7,10H2,1H3,(H2,28,29,34). The van der Waals surface area contributed by atoms with E-state index in [1.165, 1.54) is 0 Å². The van der Waals surface area contributed by atoms with Crippen molar-refractivity contribution in [2.45, 2.75) is 25.3 Å². The third kappa shape index (κ3) is 3.90. The molecule has 0 bridgehead atoms. The zero-order chi connectivity index (χ0) is 23.2. The number of hydrogen-bond donors (Lipinski definition) is 3. The Balaban J connectivity index is 1.41. The molecule has 10 nitrogen and oxygen atoms in total. The summed E-state index contributed by atoms with van der Waals surface area (Å²) < 4.78 is 3.50. The molecular weight excluding hydrogens is 432 g/mol. The van der Waals surface area contributed by atoms with Crippen molar-refractivity contribution >= 4 is 11.7 Å². The van der Waals surface area contributed by atoms with Crippen LogP contribution in [0.1, 0.15) is 29.8 Å². The molecule has 34 heavy (non-hydrogen) atoms. The van der Waals surface area contributed by atoms with E-state index < -0.39 is 5.69 Å². The Bertz CT molecular complexity index is 1680. The highest BCUT2D eigenvalue weighted by molar-refractivity contribution is 5.59. The first-order chi connectivity index (χ1) is 16.5. The first kappa shape index (κ1) is 20.2. The summed E-state index contributed by atoms with van der Waals surface area (Å²) in [6, 6.07) is 12.6. The number of nitrogens with zero attached hydrogens (tertiary/aromatic N) is 6. The molecule has 0 amide bonds. The predicted octanol–water partition coefficient (Wildman–Crippen LogP) is 1.05. The lowest BCUT2D eigenvalue weighted by Gasteiger charge is -2.05. The molecule has 0 unspecified atom stereocenters. The molecule has 0 aliphatic heterocycles. The van der Waals surface area contributed by atoms with E-state index in [0.717, 1.165) is 40.8 Å². The van der Waals surface area contributed by atoms with Crippen LogP contribution in [-0.4, -0.2) is 45.5 Å². The van der Waals surface area contributed by atoms with E-state index in [0.29, 0.717) is 23.3 Å². The van der Waals surface area contributed by atoms with Gasteiger partial charge >= 0.3 is 5.69 Å². The summed E-state index contributed by atoms with van der Waals surface area (Å²) in [5.74, 6) is -0.226. The number of fused-ring (bicyclic) bond motifs is 1. The summed E-state index contributed by atoms with van der Waals surface area (Å²) in [6.45, 7) is 0. The molecule has 1 saturated carbocycles. The monoisotopic (exact) mass is 454 g/mol. The molecule has 4 heterocycles. The van der Waals surface area contributed by atoms with Crippen molar-refractivity contribution in [1.29, 1.82) is 0 Å². The maximum atomic E-state index is 11.5. The minimum Gasteiger partial charge on any atom is -0.493 e. The van der Waals surface area contributed by atoms with Gasteiger partial charge in [0.1, 0.15) is 5.69 Å². The number of rotatable bonds is 5. The number of aromatic amines is 2. The fourth-order valence-corrected chi connectivity index (χ4v) is 3.91. The van der Waals surface area contributed by atoms with Gasteiger partial charge in [-0.05, 0) is 30.5 Å². The number of aromatic nitrogens is 7. The highest BCUT2D eigenvalue weighted by Crippen LogP contribution is 2.22. The van der Waals surface area contributed by atoms with E-state index in [-0.39, 0.29) is 11.6 Å². The molecule has 1 aliphatic carbocycles. The summed E-state index contributed by atoms with van der Waals surface area (Å²) >= 11 is 0. The van der Waals surface area contributed by atoms with Gasteiger partial charge < -0.3 is 10.1 Å². The smallest absolute Gasteiger partial charge is 0.326 e. The fourth-order valence-electron chi connectivity index (χ4n) is 3.91. The van der Waals surface area contributed by atoms with Crippen LogP contribution in [0.3, 0.4) is 0 Å². The van der Waals surface area contributed by atoms with Crippen LogP contribution in [0.5, 0.6) is 5.88 Å². The second kappa shape index (κ2) is 7.84. The highest BCUT2D eigenvalue weighted by atomic mass is 16.3. The fraction of sp³-hybridized carbons (Fsp3) is 0.208. The lowest BCUT2D eigenvalue weighted by Crippen LogP contribution is -2.20. The average molecular weight is 454 g/mol. The second-order valence-electron chi connectivity index (χ2n) is 8.54. The molecule has 1 aromatic carbocycles. The predicted molar refractivity (Wildman–Crippen MR) is 125 cm³/mol. The molecule has 5 aromatic rings. The molecule has 1 fully saturated rings. The van der Waals surface area contributed by atoms with Gasteiger partial charge in [-0.1, -0.05) is 24.3 Å². The molecule has 1 aliphatic rings. The summed E-state index contributed by atoms with van der Waals surface area (Å²) in [4.78, 5) is 26.1. The van der Waals surface area contributed by atoms with E-state index in [2.05, 4.69) is 44.4 Å². The first-order valence-corrected chi connectivity index (χ1v) is 11.1. The Labute approximate surface area is 193 Å². The van der Waals surface area contributed by atoms with Crippen LogP contribution < -0.4 is 16.4 Å². The molecule has 0 radical (unpaired) electrons. The number of nitrogens with one attached hydrogen (secondary N) is 2. The maximum Gasteiger partial charge on any atom is 0.326 e. The SMILES string of the molecule is Cn1ccc(-c2ccc(Cc3cc(=NC4CC4)n4ncc(=Cc5[nH]c(=O)[nH]c5O)c4n3)cc2)n1. The van der Waals surface area contributed by atoms with Crippen LogP contribution in [0.4, 0.5) is 0 Å². The van der Waals surface area contributed by atoms with Crippen molar-refractivity contribution in [3.8, 4) is 17.1 Å². The Hall–Kier alpha value is -4.47. The quantitative estimate of drug-likeness (QED) is 0.366. The lowest BCUT2D eigenvalue weighted by molar-refractivity contribution is 0.454. The summed E-state index contributed by atoms with van der Waals surface area (Å²) in [5.41, 5.74) is 5.13. The number of imidazole rings is 1. The molecule has 10 heteroatoms. The third-order valence-electron chi connectivity index (χ3n) is 5.78. The topological polar surface area (TPSA) is 129 Å². The molecule has 3 N–H and O–H groups in total. The molecular formula is C24H22N8O2. The molecule has 6 rings (SSSR count). The van der Waals surface area contributed by atoms with Crippen molar-refractivity contribution < 1.29 is 5.11 Å². The van der Waals surface area contributed by atoms with E-state index in [9.17, 15) is 9.90 Å². The van der Waals surface area contributed by atoms with Gasteiger partial charge in [0.05, 0.1) is 23.6 Å². The van der Waals surface area contributed by atoms with Crippen molar-refractivity contribution in [3.63, 3.8) is 0 Å². The van der Waals surface area contributed by atoms with Crippen LogP contribution in [0.15, 0.2) is 58.6 Å². The average Bonchev–Trinajstić information content (AvgIpc) is 3.22. The number of aryl methyl sites for hydroxylation is 1. The van der Waals surface area contributed by atoms with Gasteiger partial charge in [-0.15, -0.1) is 0 Å². The van der Waals surface area contributed by atoms with Crippen LogP contribution in [0.2, 0.25) is 0 Å². The largest absolute Gasteiger partial charge is 0.493 e. The number of hydrogen-bond acceptors (Lipinski definition) is 6. The van der Waals surface area contributed by atoms with E-state index in [1.54, 1.807) is 21.5 Å². The van der Waals surface area contributed by atoms with Gasteiger partial charge in [0.2, 0.25) is 5.88 Å². The Morgan fingerprint density at radius 3 is 2.71 bits per heavy atom. The molecule has 0 atom stereocenters. The Morgan fingerprint density at radius 2 is 2.03 bits per heavy atom. The van der Waals surface area contributed by atoms with Gasteiger partial charge in [0.25, 0.3) is 0 Å². The number of aromatic hydroxyl groups is 1. The number of benzene rings is 1. The maximum absolute atomic E-state index is 11.5. The van der Waals surface area contributed by atoms with E-state index >= 15 is 0 Å². The number of H-pyrrole nitrogens is 2. The van der Waals surface area contributed by atoms with Gasteiger partial charge in [-0.3, -0.25) is 14.7 Å². The normalized spacial score (nSPS) is 15.0. The van der Waals surface area contributed by atoms with Gasteiger partial charge in [0.15, 0.2) is 11.1 Å². The minimum atomic E-state index is -0.479. The van der Waals surface area contributed by atoms with Crippen LogP contribution in [0.25, 0.3) is 23.0 Å². The summed E-state index contributed by atoms with van der Waals surface area (Å²) in [5, 5.41) is 19.5. The zero-order valence-corrected chi connectivity index (χ0v) is 18.4. The Kier molecular flexibility index (Phi) is 4.65. The first-order valence-electron chi connectivity index (χ1n) is 11.1. The lowest BCUT2D eigenvalue weighted by atomic mass is 10.1. The summed E-state index contributed by atoms with van der Waals surface area (Å²) in [6.07, 6.45) is 8.01. The minimum absolute atomic E-state index is 0.226. The second-order valence-corrected chi connectivity index (χ2v) is 8.54. The molecule has 0 spiro atoms. The van der Waals surface area contributed by atoms with E-state index in [4.69, 9.17) is 9.98 Å². The van der Waals surface area contributed by atoms with Crippen molar-refractivity contribution in [2.75, 3.05) is 0 Å². The Morgan fingerprint density at radius 1 is 1.21 bits per heavy atom. The van der Waals surface area contributed by atoms with Crippen LogP contribution in [0, 0.1) is 0 Å². The van der Waals surface area contributed by atoms with E-state index in [1.807, 2.05) is 25.4 Å². The van der Waals surface area contributed by atoms with Gasteiger partial charge in [-0.25, -0.2) is 9.78 Å². The molecule has 4 aromatic heterocycles. The zero-order valence-electron chi connectivity index (χ0n) is 18.4. The van der Waals surface area contributed by atoms with Crippen molar-refractivity contribution in [2.24, 2.45) is 12.0 Å². The molecule has 170 valence electrons. The van der Waals surface area contributed by atoms with Crippen LogP contribution in [-0.2, 0) is 13.5 Å². The van der Waals surface area contributed by atoms with Crippen molar-refractivity contribution in [1.82, 2.24) is 34.3 Å². The third-order valence-corrected chi connectivity index (χ3v) is 5.78. The summed E-state index contributed by atoms with van der Waals surface area (Å²) in [7, 11) is 1.90. The van der Waals surface area contributed by atoms with Gasteiger partial charge in [0, 0.05) is 36.5 Å². The highest BCUT2D eigenvalue weighted by Gasteiger charge is 2.20. The van der Waals surface area contributed by atoms with Gasteiger partial charge in [-0.2, -0.15) is 14.7 Å². The molecule has 0 saturated heterocycles. The van der Waals surface area contributed by atoms with Crippen LogP contribution >= 0.6 is 0 Å².